The summed E-state index contributed by atoms with van der Waals surface area (Å²) in [6.45, 7) is -2.19. The number of ether oxygens (including phenoxy) is 1. The molecule has 0 saturated carbocycles. The summed E-state index contributed by atoms with van der Waals surface area (Å²) < 4.78 is 45.9. The van der Waals surface area contributed by atoms with Gasteiger partial charge in [-0.3, -0.25) is 4.90 Å². The normalized spacial score (nSPS) is 15.7. The van der Waals surface area contributed by atoms with Gasteiger partial charge in [-0.15, -0.1) is 5.46 Å². The van der Waals surface area contributed by atoms with Crippen molar-refractivity contribution in [3.05, 3.63) is 87.0 Å². The molecular formula is C26H24BF3IKN2O2. The van der Waals surface area contributed by atoms with Gasteiger partial charge in [0.15, 0.2) is 0 Å². The molecule has 4 nitrogen and oxygen atoms in total. The van der Waals surface area contributed by atoms with Crippen molar-refractivity contribution in [2.45, 2.75) is 12.5 Å². The molecule has 1 saturated heterocycles. The number of rotatable bonds is 5. The Kier molecular flexibility index (Phi) is 9.28. The SMILES string of the molecule is O=C(OCC1c2ccccc2-c2ccccc21)N1CCN(Cc2cc(I)cc([B-](F)(F)F)c2)CC1.[K+]. The van der Waals surface area contributed by atoms with Gasteiger partial charge >= 0.3 is 64.5 Å². The Bertz CT molecular complexity index is 1210. The zero-order valence-electron chi connectivity index (χ0n) is 20.0. The van der Waals surface area contributed by atoms with E-state index in [9.17, 15) is 17.7 Å². The van der Waals surface area contributed by atoms with Gasteiger partial charge in [-0.25, -0.2) is 4.79 Å². The third-order valence-corrected chi connectivity index (χ3v) is 7.35. The second kappa shape index (κ2) is 11.9. The minimum Gasteiger partial charge on any atom is -0.448 e. The monoisotopic (exact) mass is 630 g/mol. The summed E-state index contributed by atoms with van der Waals surface area (Å²) in [7, 11) is 0. The number of hydrogen-bond acceptors (Lipinski definition) is 3. The van der Waals surface area contributed by atoms with Crippen LogP contribution in [0.5, 0.6) is 0 Å². The summed E-state index contributed by atoms with van der Waals surface area (Å²) in [5.74, 6) is 0.0117. The third-order valence-electron chi connectivity index (χ3n) is 6.73. The van der Waals surface area contributed by atoms with Crippen LogP contribution in [0.15, 0.2) is 66.7 Å². The van der Waals surface area contributed by atoms with Crippen molar-refractivity contribution in [3.63, 3.8) is 0 Å². The van der Waals surface area contributed by atoms with Crippen LogP contribution in [0.1, 0.15) is 22.6 Å². The van der Waals surface area contributed by atoms with E-state index in [1.165, 1.54) is 34.4 Å². The van der Waals surface area contributed by atoms with Crippen molar-refractivity contribution in [1.29, 1.82) is 0 Å². The van der Waals surface area contributed by atoms with Crippen molar-refractivity contribution in [1.82, 2.24) is 9.80 Å². The molecule has 0 bridgehead atoms. The van der Waals surface area contributed by atoms with Crippen molar-refractivity contribution < 1.29 is 73.9 Å². The molecule has 3 aromatic carbocycles. The number of piperazine rings is 1. The zero-order chi connectivity index (χ0) is 24.6. The molecule has 0 atom stereocenters. The first-order chi connectivity index (χ1) is 16.8. The Morgan fingerprint density at radius 3 is 2.08 bits per heavy atom. The summed E-state index contributed by atoms with van der Waals surface area (Å²) in [5, 5.41) is 0. The van der Waals surface area contributed by atoms with E-state index in [2.05, 4.69) is 29.2 Å². The van der Waals surface area contributed by atoms with Gasteiger partial charge in [0.2, 0.25) is 0 Å². The number of fused-ring (bicyclic) bond motifs is 3. The van der Waals surface area contributed by atoms with Crippen LogP contribution in [0, 0.1) is 3.57 Å². The van der Waals surface area contributed by atoms with E-state index in [1.54, 1.807) is 11.0 Å². The molecule has 1 amide bonds. The quantitative estimate of drug-likeness (QED) is 0.321. The first-order valence-corrected chi connectivity index (χ1v) is 12.7. The first-order valence-electron chi connectivity index (χ1n) is 11.6. The Morgan fingerprint density at radius 1 is 0.917 bits per heavy atom. The maximum Gasteiger partial charge on any atom is 1.00 e. The van der Waals surface area contributed by atoms with Gasteiger partial charge in [0.1, 0.15) is 6.61 Å². The number of hydrogen-bond donors (Lipinski definition) is 0. The molecule has 0 spiro atoms. The Balaban J connectivity index is 0.00000304. The molecule has 0 unspecified atom stereocenters. The van der Waals surface area contributed by atoms with E-state index in [0.717, 1.165) is 0 Å². The number of carbonyl (C=O) groups is 1. The third kappa shape index (κ3) is 6.22. The fourth-order valence-corrected chi connectivity index (χ4v) is 5.75. The van der Waals surface area contributed by atoms with Crippen molar-refractivity contribution in [2.75, 3.05) is 32.8 Å². The van der Waals surface area contributed by atoms with Crippen LogP contribution >= 0.6 is 22.6 Å². The van der Waals surface area contributed by atoms with Gasteiger partial charge < -0.3 is 22.6 Å². The van der Waals surface area contributed by atoms with Crippen LogP contribution in [-0.4, -0.2) is 55.7 Å². The first kappa shape index (κ1) is 28.1. The van der Waals surface area contributed by atoms with Crippen LogP contribution in [0.3, 0.4) is 0 Å². The van der Waals surface area contributed by atoms with Crippen LogP contribution in [0.2, 0.25) is 0 Å². The average molecular weight is 630 g/mol. The van der Waals surface area contributed by atoms with Crippen LogP contribution in [-0.2, 0) is 11.3 Å². The molecule has 1 aliphatic carbocycles. The van der Waals surface area contributed by atoms with Gasteiger partial charge in [0.05, 0.1) is 0 Å². The molecule has 1 heterocycles. The summed E-state index contributed by atoms with van der Waals surface area (Å²) in [6.07, 6.45) is -0.345. The topological polar surface area (TPSA) is 32.8 Å². The van der Waals surface area contributed by atoms with Crippen molar-refractivity contribution in [3.8, 4) is 11.1 Å². The van der Waals surface area contributed by atoms with E-state index in [0.29, 0.717) is 41.9 Å². The number of carbonyl (C=O) groups excluding carboxylic acids is 1. The van der Waals surface area contributed by atoms with Crippen LogP contribution in [0.25, 0.3) is 11.1 Å². The Morgan fingerprint density at radius 2 is 1.50 bits per heavy atom. The minimum absolute atomic E-state index is 0. The Hall–Kier alpha value is -0.889. The molecule has 1 aliphatic heterocycles. The predicted octanol–water partition coefficient (Wildman–Crippen LogP) is 2.42. The van der Waals surface area contributed by atoms with E-state index < -0.39 is 12.4 Å². The molecule has 0 N–H and O–H groups in total. The van der Waals surface area contributed by atoms with E-state index in [1.807, 2.05) is 46.9 Å². The number of amides is 1. The standard InChI is InChI=1S/C26H24BF3IN2O2.K/c28-27(29,30)19-13-18(14-20(31)15-19)16-32-9-11-33(12-10-32)26(34)35-17-25-23-7-3-1-5-21(23)22-6-2-4-8-24(22)25;/h1-8,13-15,25H,9-12,16-17H2;/q-1;+1. The van der Waals surface area contributed by atoms with Crippen molar-refractivity contribution in [2.24, 2.45) is 0 Å². The molecular weight excluding hydrogens is 606 g/mol. The van der Waals surface area contributed by atoms with E-state index >= 15 is 0 Å². The second-order valence-electron chi connectivity index (χ2n) is 9.03. The second-order valence-corrected chi connectivity index (χ2v) is 10.3. The molecule has 5 rings (SSSR count). The molecule has 1 fully saturated rings. The molecule has 36 heavy (non-hydrogen) atoms. The maximum absolute atomic E-state index is 13.2. The number of halogens is 4. The molecule has 2 aliphatic rings. The maximum atomic E-state index is 13.2. The van der Waals surface area contributed by atoms with Crippen molar-refractivity contribution >= 4 is 41.1 Å². The summed E-state index contributed by atoms with van der Waals surface area (Å²) in [5.41, 5.74) is 4.78. The largest absolute Gasteiger partial charge is 1.00 e. The van der Waals surface area contributed by atoms with E-state index in [-0.39, 0.29) is 70.0 Å². The van der Waals surface area contributed by atoms with Gasteiger partial charge in [0, 0.05) is 42.2 Å². The number of nitrogens with zero attached hydrogens (tertiary/aromatic N) is 2. The minimum atomic E-state index is -5.03. The average Bonchev–Trinajstić information content (AvgIpc) is 3.16. The fraction of sp³-hybridized carbons (Fsp3) is 0.269. The smallest absolute Gasteiger partial charge is 0.448 e. The van der Waals surface area contributed by atoms with Gasteiger partial charge in [-0.2, -0.15) is 0 Å². The molecule has 3 aromatic rings. The zero-order valence-corrected chi connectivity index (χ0v) is 25.3. The predicted molar refractivity (Wildman–Crippen MR) is 140 cm³/mol. The molecule has 10 heteroatoms. The van der Waals surface area contributed by atoms with E-state index in [4.69, 9.17) is 4.74 Å². The molecule has 0 radical (unpaired) electrons. The summed E-state index contributed by atoms with van der Waals surface area (Å²) in [4.78, 5) is 16.6. The van der Waals surface area contributed by atoms with Gasteiger partial charge in [-0.1, -0.05) is 60.7 Å². The van der Waals surface area contributed by atoms with Crippen LogP contribution in [0.4, 0.5) is 17.7 Å². The molecule has 182 valence electrons. The number of benzene rings is 3. The van der Waals surface area contributed by atoms with Gasteiger partial charge in [0.25, 0.3) is 0 Å². The van der Waals surface area contributed by atoms with Gasteiger partial charge in [-0.05, 0) is 56.5 Å². The summed E-state index contributed by atoms with van der Waals surface area (Å²) in [6, 6.07) is 20.6. The van der Waals surface area contributed by atoms with Crippen LogP contribution < -0.4 is 56.8 Å². The Labute approximate surface area is 265 Å². The molecule has 0 aromatic heterocycles. The summed E-state index contributed by atoms with van der Waals surface area (Å²) >= 11 is 1.92. The fourth-order valence-electron chi connectivity index (χ4n) is 4.99.